The van der Waals surface area contributed by atoms with Crippen LogP contribution >= 0.6 is 0 Å². The fraction of sp³-hybridized carbons (Fsp3) is 0.500. The molecule has 0 spiro atoms. The molecule has 0 bridgehead atoms. The summed E-state index contributed by atoms with van der Waals surface area (Å²) in [4.78, 5) is 23.4. The third-order valence-electron chi connectivity index (χ3n) is 2.21. The quantitative estimate of drug-likeness (QED) is 0.727. The zero-order valence-electron chi connectivity index (χ0n) is 9.14. The maximum atomic E-state index is 11.6. The maximum Gasteiger partial charge on any atom is 0.303 e. The van der Waals surface area contributed by atoms with E-state index in [1.165, 1.54) is 4.90 Å². The molecule has 0 atom stereocenters. The molecule has 0 saturated heterocycles. The van der Waals surface area contributed by atoms with Crippen LogP contribution in [0.1, 0.15) is 18.5 Å². The van der Waals surface area contributed by atoms with Crippen LogP contribution in [0.4, 0.5) is 0 Å². The van der Waals surface area contributed by atoms with Crippen molar-refractivity contribution in [3.05, 3.63) is 18.0 Å². The summed E-state index contributed by atoms with van der Waals surface area (Å²) in [7, 11) is 1.67. The molecule has 1 aromatic rings. The topological polar surface area (TPSA) is 86.3 Å². The summed E-state index contributed by atoms with van der Waals surface area (Å²) in [5.41, 5.74) is 0.759. The fourth-order valence-corrected chi connectivity index (χ4v) is 1.27. The molecule has 1 amide bonds. The van der Waals surface area contributed by atoms with Crippen LogP contribution in [0.3, 0.4) is 0 Å². The van der Waals surface area contributed by atoms with Crippen molar-refractivity contribution < 1.29 is 14.7 Å². The number of H-pyrrole nitrogens is 1. The van der Waals surface area contributed by atoms with Crippen molar-refractivity contribution in [3.8, 4) is 0 Å². The van der Waals surface area contributed by atoms with Gasteiger partial charge in [-0.1, -0.05) is 0 Å². The number of carboxylic acids is 1. The molecule has 88 valence electrons. The summed E-state index contributed by atoms with van der Waals surface area (Å²) in [5.74, 6) is -0.885. The standard InChI is InChI=1S/C10H15N3O3/c1-13(6-2-3-10(15)16)9(14)7-8-4-5-11-12-8/h4-5H,2-3,6-7H2,1H3,(H,11,12)(H,15,16). The van der Waals surface area contributed by atoms with E-state index in [1.54, 1.807) is 19.3 Å². The summed E-state index contributed by atoms with van der Waals surface area (Å²) < 4.78 is 0. The van der Waals surface area contributed by atoms with Crippen LogP contribution < -0.4 is 0 Å². The lowest BCUT2D eigenvalue weighted by molar-refractivity contribution is -0.138. The molecule has 0 aliphatic carbocycles. The van der Waals surface area contributed by atoms with Gasteiger partial charge >= 0.3 is 5.97 Å². The average Bonchev–Trinajstić information content (AvgIpc) is 2.69. The Morgan fingerprint density at radius 2 is 2.31 bits per heavy atom. The molecule has 0 radical (unpaired) electrons. The Kier molecular flexibility index (Phi) is 4.50. The van der Waals surface area contributed by atoms with Crippen LogP contribution in [0.2, 0.25) is 0 Å². The van der Waals surface area contributed by atoms with Gasteiger partial charge in [0.25, 0.3) is 0 Å². The molecule has 16 heavy (non-hydrogen) atoms. The van der Waals surface area contributed by atoms with Crippen LogP contribution in [-0.4, -0.2) is 45.7 Å². The van der Waals surface area contributed by atoms with Gasteiger partial charge in [-0.3, -0.25) is 14.7 Å². The minimum atomic E-state index is -0.839. The van der Waals surface area contributed by atoms with E-state index >= 15 is 0 Å². The second-order valence-electron chi connectivity index (χ2n) is 3.57. The summed E-state index contributed by atoms with van der Waals surface area (Å²) in [6.07, 6.45) is 2.42. The number of hydrogen-bond acceptors (Lipinski definition) is 3. The zero-order chi connectivity index (χ0) is 12.0. The molecule has 0 aliphatic rings. The highest BCUT2D eigenvalue weighted by atomic mass is 16.4. The second kappa shape index (κ2) is 5.89. The Morgan fingerprint density at radius 1 is 1.56 bits per heavy atom. The second-order valence-corrected chi connectivity index (χ2v) is 3.57. The predicted molar refractivity (Wildman–Crippen MR) is 56.8 cm³/mol. The lowest BCUT2D eigenvalue weighted by atomic mass is 10.2. The van der Waals surface area contributed by atoms with Crippen LogP contribution in [0, 0.1) is 0 Å². The summed E-state index contributed by atoms with van der Waals surface area (Å²) in [5, 5.41) is 14.9. The van der Waals surface area contributed by atoms with Crippen molar-refractivity contribution in [1.29, 1.82) is 0 Å². The van der Waals surface area contributed by atoms with E-state index in [4.69, 9.17) is 5.11 Å². The van der Waals surface area contributed by atoms with Gasteiger partial charge in [0.05, 0.1) is 6.42 Å². The van der Waals surface area contributed by atoms with Gasteiger partial charge in [0.15, 0.2) is 0 Å². The Hall–Kier alpha value is -1.85. The van der Waals surface area contributed by atoms with E-state index in [0.29, 0.717) is 13.0 Å². The molecule has 0 fully saturated rings. The van der Waals surface area contributed by atoms with E-state index in [-0.39, 0.29) is 18.7 Å². The van der Waals surface area contributed by atoms with Crippen molar-refractivity contribution in [2.45, 2.75) is 19.3 Å². The number of amides is 1. The molecular formula is C10H15N3O3. The normalized spacial score (nSPS) is 10.1. The van der Waals surface area contributed by atoms with E-state index in [0.717, 1.165) is 5.69 Å². The van der Waals surface area contributed by atoms with Crippen LogP contribution in [0.25, 0.3) is 0 Å². The van der Waals surface area contributed by atoms with Crippen molar-refractivity contribution in [1.82, 2.24) is 15.1 Å². The lowest BCUT2D eigenvalue weighted by Gasteiger charge is -2.15. The number of aromatic nitrogens is 2. The van der Waals surface area contributed by atoms with Gasteiger partial charge in [-0.05, 0) is 12.5 Å². The Morgan fingerprint density at radius 3 is 2.88 bits per heavy atom. The van der Waals surface area contributed by atoms with Gasteiger partial charge in [-0.2, -0.15) is 5.10 Å². The predicted octanol–water partition coefficient (Wildman–Crippen LogP) is 0.275. The summed E-state index contributed by atoms with van der Waals surface area (Å²) in [6.45, 7) is 0.458. The number of hydrogen-bond donors (Lipinski definition) is 2. The van der Waals surface area contributed by atoms with E-state index in [1.807, 2.05) is 0 Å². The SMILES string of the molecule is CN(CCCC(=O)O)C(=O)Cc1ccn[nH]1. The van der Waals surface area contributed by atoms with Crippen molar-refractivity contribution in [2.24, 2.45) is 0 Å². The van der Waals surface area contributed by atoms with Crippen LogP contribution in [0.5, 0.6) is 0 Å². The van der Waals surface area contributed by atoms with E-state index < -0.39 is 5.97 Å². The number of aromatic amines is 1. The van der Waals surface area contributed by atoms with Gasteiger partial charge in [0, 0.05) is 31.9 Å². The first-order valence-corrected chi connectivity index (χ1v) is 5.03. The first-order valence-electron chi connectivity index (χ1n) is 5.03. The van der Waals surface area contributed by atoms with Crippen LogP contribution in [0.15, 0.2) is 12.3 Å². The Labute approximate surface area is 93.3 Å². The number of carbonyl (C=O) groups is 2. The molecule has 0 unspecified atom stereocenters. The first kappa shape index (κ1) is 12.2. The molecule has 0 aromatic carbocycles. The van der Waals surface area contributed by atoms with Gasteiger partial charge < -0.3 is 10.0 Å². The monoisotopic (exact) mass is 225 g/mol. The minimum Gasteiger partial charge on any atom is -0.481 e. The minimum absolute atomic E-state index is 0.0466. The van der Waals surface area contributed by atoms with Gasteiger partial charge in [-0.25, -0.2) is 0 Å². The van der Waals surface area contributed by atoms with Crippen molar-refractivity contribution in [2.75, 3.05) is 13.6 Å². The molecule has 1 rings (SSSR count). The molecule has 0 aliphatic heterocycles. The Balaban J connectivity index is 2.28. The summed E-state index contributed by atoms with van der Waals surface area (Å²) in [6, 6.07) is 1.74. The highest BCUT2D eigenvalue weighted by Gasteiger charge is 2.10. The van der Waals surface area contributed by atoms with E-state index in [9.17, 15) is 9.59 Å². The Bertz CT molecular complexity index is 348. The molecule has 2 N–H and O–H groups in total. The molecule has 6 nitrogen and oxygen atoms in total. The lowest BCUT2D eigenvalue weighted by Crippen LogP contribution is -2.29. The highest BCUT2D eigenvalue weighted by Crippen LogP contribution is 1.99. The third kappa shape index (κ3) is 4.12. The van der Waals surface area contributed by atoms with Gasteiger partial charge in [-0.15, -0.1) is 0 Å². The fourth-order valence-electron chi connectivity index (χ4n) is 1.27. The third-order valence-corrected chi connectivity index (χ3v) is 2.21. The molecular weight excluding hydrogens is 210 g/mol. The number of rotatable bonds is 6. The van der Waals surface area contributed by atoms with Gasteiger partial charge in [0.1, 0.15) is 0 Å². The number of carbonyl (C=O) groups excluding carboxylic acids is 1. The molecule has 1 heterocycles. The van der Waals surface area contributed by atoms with Gasteiger partial charge in [0.2, 0.25) is 5.91 Å². The average molecular weight is 225 g/mol. The zero-order valence-corrected chi connectivity index (χ0v) is 9.14. The molecule has 0 saturated carbocycles. The number of nitrogens with zero attached hydrogens (tertiary/aromatic N) is 2. The van der Waals surface area contributed by atoms with Crippen LogP contribution in [-0.2, 0) is 16.0 Å². The number of aliphatic carboxylic acids is 1. The molecule has 1 aromatic heterocycles. The number of likely N-dealkylation sites (N-methyl/N-ethyl adjacent to an activating group) is 1. The summed E-state index contributed by atoms with van der Waals surface area (Å²) >= 11 is 0. The van der Waals surface area contributed by atoms with E-state index in [2.05, 4.69) is 10.2 Å². The molecule has 6 heteroatoms. The first-order chi connectivity index (χ1) is 7.59. The number of carboxylic acid groups (broad SMARTS) is 1. The smallest absolute Gasteiger partial charge is 0.303 e. The maximum absolute atomic E-state index is 11.6. The van der Waals surface area contributed by atoms with Crippen molar-refractivity contribution >= 4 is 11.9 Å². The number of nitrogens with one attached hydrogen (secondary N) is 1. The highest BCUT2D eigenvalue weighted by molar-refractivity contribution is 5.78. The van der Waals surface area contributed by atoms with Crippen molar-refractivity contribution in [3.63, 3.8) is 0 Å². The largest absolute Gasteiger partial charge is 0.481 e.